The van der Waals surface area contributed by atoms with Crippen LogP contribution in [0.15, 0.2) is 21.9 Å². The molecule has 1 aromatic rings. The lowest BCUT2D eigenvalue weighted by molar-refractivity contribution is 0.0713. The summed E-state index contributed by atoms with van der Waals surface area (Å²) in [6, 6.07) is 5.30. The Hall–Kier alpha value is 0.717. The van der Waals surface area contributed by atoms with Gasteiger partial charge in [-0.05, 0) is 92.5 Å². The van der Waals surface area contributed by atoms with E-state index in [2.05, 4.69) is 19.1 Å². The third kappa shape index (κ3) is 5.34. The second-order valence-electron chi connectivity index (χ2n) is 4.97. The van der Waals surface area contributed by atoms with E-state index in [0.717, 1.165) is 12.5 Å². The summed E-state index contributed by atoms with van der Waals surface area (Å²) in [4.78, 5) is 2.76. The molecule has 8 heteroatoms. The summed E-state index contributed by atoms with van der Waals surface area (Å²) < 4.78 is 18.0. The maximum absolute atomic E-state index is 6.00. The first-order valence-corrected chi connectivity index (χ1v) is 14.6. The molecule has 0 radical (unpaired) electrons. The van der Waals surface area contributed by atoms with E-state index in [1.54, 1.807) is 0 Å². The van der Waals surface area contributed by atoms with Gasteiger partial charge in [-0.3, -0.25) is 0 Å². The zero-order chi connectivity index (χ0) is 16.7. The van der Waals surface area contributed by atoms with Crippen molar-refractivity contribution < 1.29 is 13.3 Å². The summed E-state index contributed by atoms with van der Waals surface area (Å²) in [6.07, 6.45) is 0.944. The molecule has 0 fully saturated rings. The monoisotopic (exact) mass is 408 g/mol. The van der Waals surface area contributed by atoms with Crippen LogP contribution in [0.1, 0.15) is 31.9 Å². The Kier molecular flexibility index (Phi) is 8.72. The van der Waals surface area contributed by atoms with E-state index < -0.39 is 8.80 Å². The number of benzene rings is 1. The highest BCUT2D eigenvalue weighted by atomic mass is 33.7. The van der Waals surface area contributed by atoms with Crippen LogP contribution in [0.4, 0.5) is 0 Å². The molecule has 0 aliphatic carbocycles. The highest BCUT2D eigenvalue weighted by Gasteiger charge is 2.40. The maximum Gasteiger partial charge on any atom is 0.501 e. The summed E-state index contributed by atoms with van der Waals surface area (Å²) in [5.41, 5.74) is 2.77. The average Bonchev–Trinajstić information content (AvgIpc) is 2.68. The Morgan fingerprint density at radius 3 is 2.13 bits per heavy atom. The Morgan fingerprint density at radius 2 is 1.52 bits per heavy atom. The van der Waals surface area contributed by atoms with Crippen LogP contribution in [0.3, 0.4) is 0 Å². The van der Waals surface area contributed by atoms with Crippen LogP contribution in [0.25, 0.3) is 0 Å². The lowest BCUT2D eigenvalue weighted by Crippen LogP contribution is -2.46. The normalized spacial score (nSPS) is 14.8. The van der Waals surface area contributed by atoms with Gasteiger partial charge in [-0.15, -0.1) is 0 Å². The Balaban J connectivity index is 2.22. The van der Waals surface area contributed by atoms with Crippen molar-refractivity contribution in [3.05, 3.63) is 23.3 Å². The zero-order valence-electron chi connectivity index (χ0n) is 14.0. The number of aryl methyl sites for hydroxylation is 1. The van der Waals surface area contributed by atoms with Gasteiger partial charge in [-0.2, -0.15) is 0 Å². The lowest BCUT2D eigenvalue weighted by atomic mass is 10.1. The van der Waals surface area contributed by atoms with Gasteiger partial charge in [0.05, 0.1) is 0 Å². The quantitative estimate of drug-likeness (QED) is 0.365. The fourth-order valence-corrected chi connectivity index (χ4v) is 11.3. The highest BCUT2D eigenvalue weighted by molar-refractivity contribution is 9.26. The molecule has 0 amide bonds. The summed E-state index contributed by atoms with van der Waals surface area (Å²) in [5, 5.41) is 0. The van der Waals surface area contributed by atoms with Crippen LogP contribution in [0.5, 0.6) is 0 Å². The van der Waals surface area contributed by atoms with Crippen LogP contribution in [0, 0.1) is 6.92 Å². The summed E-state index contributed by atoms with van der Waals surface area (Å²) in [6.45, 7) is 10.1. The molecule has 0 saturated carbocycles. The molecule has 3 nitrogen and oxygen atoms in total. The lowest BCUT2D eigenvalue weighted by Gasteiger charge is -2.29. The van der Waals surface area contributed by atoms with Crippen molar-refractivity contribution >= 4 is 50.0 Å². The van der Waals surface area contributed by atoms with E-state index in [0.29, 0.717) is 19.8 Å². The average molecular weight is 409 g/mol. The summed E-state index contributed by atoms with van der Waals surface area (Å²) in [7, 11) is 4.81. The fraction of sp³-hybridized carbons (Fsp3) is 0.600. The Bertz CT molecular complexity index is 499. The molecular weight excluding hydrogens is 385 g/mol. The molecule has 1 aromatic carbocycles. The first-order valence-electron chi connectivity index (χ1n) is 7.88. The minimum absolute atomic E-state index is 0.634. The van der Waals surface area contributed by atoms with Gasteiger partial charge in [-0.1, -0.05) is 6.07 Å². The molecule has 0 atom stereocenters. The van der Waals surface area contributed by atoms with Gasteiger partial charge in [-0.25, -0.2) is 0 Å². The van der Waals surface area contributed by atoms with E-state index >= 15 is 0 Å². The molecule has 0 aromatic heterocycles. The van der Waals surface area contributed by atoms with Crippen molar-refractivity contribution in [1.82, 2.24) is 0 Å². The number of fused-ring (bicyclic) bond motifs is 2. The summed E-state index contributed by atoms with van der Waals surface area (Å²) >= 11 is 0. The molecule has 0 N–H and O–H groups in total. The zero-order valence-corrected chi connectivity index (χ0v) is 18.3. The van der Waals surface area contributed by atoms with Gasteiger partial charge in [0.25, 0.3) is 0 Å². The van der Waals surface area contributed by atoms with Gasteiger partial charge < -0.3 is 13.3 Å². The fourth-order valence-electron chi connectivity index (χ4n) is 2.54. The first kappa shape index (κ1) is 20.0. The van der Waals surface area contributed by atoms with E-state index in [4.69, 9.17) is 13.3 Å². The predicted octanol–water partition coefficient (Wildman–Crippen LogP) is 6.00. The predicted molar refractivity (Wildman–Crippen MR) is 107 cm³/mol. The van der Waals surface area contributed by atoms with Crippen molar-refractivity contribution in [3.63, 3.8) is 0 Å². The smallest absolute Gasteiger partial charge is 0.374 e. The third-order valence-corrected chi connectivity index (χ3v) is 12.8. The number of hydrogen-bond donors (Lipinski definition) is 0. The molecule has 2 rings (SSSR count). The number of rotatable bonds is 9. The van der Waals surface area contributed by atoms with E-state index in [9.17, 15) is 0 Å². The van der Waals surface area contributed by atoms with Crippen molar-refractivity contribution in [2.75, 3.05) is 19.8 Å². The Labute approximate surface area is 155 Å². The molecule has 0 spiro atoms. The van der Waals surface area contributed by atoms with Crippen LogP contribution < -0.4 is 0 Å². The number of hydrogen-bond acceptors (Lipinski definition) is 7. The van der Waals surface area contributed by atoms with Crippen molar-refractivity contribution in [2.45, 2.75) is 50.0 Å². The Morgan fingerprint density at radius 1 is 0.913 bits per heavy atom. The standard InChI is InChI=1S/C15H24O3S4Si/c1-5-16-23(17-6-2,18-7-3)11-10-13-14-9-8-12(4)15(13)20-22-21-19-14/h8-9H,5-7,10-11H2,1-4H3. The van der Waals surface area contributed by atoms with Crippen molar-refractivity contribution in [2.24, 2.45) is 0 Å². The molecule has 0 saturated heterocycles. The molecule has 2 bridgehead atoms. The van der Waals surface area contributed by atoms with E-state index in [1.165, 1.54) is 20.9 Å². The minimum atomic E-state index is -2.58. The minimum Gasteiger partial charge on any atom is -0.374 e. The largest absolute Gasteiger partial charge is 0.501 e. The van der Waals surface area contributed by atoms with Gasteiger partial charge >= 0.3 is 8.80 Å². The molecule has 1 aliphatic rings. The van der Waals surface area contributed by atoms with Gasteiger partial charge in [0, 0.05) is 35.7 Å². The van der Waals surface area contributed by atoms with E-state index in [1.807, 2.05) is 62.0 Å². The topological polar surface area (TPSA) is 27.7 Å². The van der Waals surface area contributed by atoms with Gasteiger partial charge in [0.2, 0.25) is 0 Å². The van der Waals surface area contributed by atoms with E-state index in [-0.39, 0.29) is 0 Å². The van der Waals surface area contributed by atoms with Crippen molar-refractivity contribution in [3.8, 4) is 0 Å². The van der Waals surface area contributed by atoms with Gasteiger partial charge in [0.15, 0.2) is 0 Å². The van der Waals surface area contributed by atoms with Gasteiger partial charge in [0.1, 0.15) is 0 Å². The van der Waals surface area contributed by atoms with Crippen LogP contribution in [-0.2, 0) is 19.7 Å². The second kappa shape index (κ2) is 10.0. The van der Waals surface area contributed by atoms with Crippen molar-refractivity contribution in [1.29, 1.82) is 0 Å². The second-order valence-corrected chi connectivity index (χ2v) is 13.4. The third-order valence-electron chi connectivity index (χ3n) is 3.46. The first-order chi connectivity index (χ1) is 11.2. The summed E-state index contributed by atoms with van der Waals surface area (Å²) in [5.74, 6) is 0. The van der Waals surface area contributed by atoms with Crippen LogP contribution >= 0.6 is 41.2 Å². The SMILES string of the molecule is CCO[Si](CCc1c2ccc(C)c1SSSS2)(OCC)OCC. The molecule has 1 aliphatic heterocycles. The van der Waals surface area contributed by atoms with Crippen LogP contribution in [0.2, 0.25) is 6.04 Å². The molecule has 23 heavy (non-hydrogen) atoms. The molecular formula is C15H24O3S4Si. The molecule has 0 unspecified atom stereocenters. The molecule has 130 valence electrons. The molecule has 1 heterocycles. The maximum atomic E-state index is 6.00. The van der Waals surface area contributed by atoms with Crippen LogP contribution in [-0.4, -0.2) is 28.6 Å². The highest BCUT2D eigenvalue weighted by Crippen LogP contribution is 2.56.